The number of rotatable bonds is 4. The third kappa shape index (κ3) is 4.23. The Bertz CT molecular complexity index is 1050. The minimum absolute atomic E-state index is 0.254. The summed E-state index contributed by atoms with van der Waals surface area (Å²) in [6.45, 7) is 0.588. The fourth-order valence-electron chi connectivity index (χ4n) is 3.17. The van der Waals surface area contributed by atoms with Gasteiger partial charge in [-0.05, 0) is 30.3 Å². The number of hydrogen-bond acceptors (Lipinski definition) is 4. The lowest BCUT2D eigenvalue weighted by Crippen LogP contribution is -2.41. The molecule has 0 aliphatic carbocycles. The summed E-state index contributed by atoms with van der Waals surface area (Å²) < 4.78 is 52.6. The Morgan fingerprint density at radius 1 is 1.21 bits per heavy atom. The van der Waals surface area contributed by atoms with Gasteiger partial charge in [0.25, 0.3) is 5.91 Å². The molecule has 0 saturated carbocycles. The van der Waals surface area contributed by atoms with E-state index in [1.54, 1.807) is 19.2 Å². The lowest BCUT2D eigenvalue weighted by atomic mass is 10.2. The van der Waals surface area contributed by atoms with Crippen molar-refractivity contribution < 1.29 is 32.2 Å². The van der Waals surface area contributed by atoms with Crippen molar-refractivity contribution in [2.45, 2.75) is 12.5 Å². The molecule has 3 aromatic rings. The lowest BCUT2D eigenvalue weighted by molar-refractivity contribution is -0.274. The zero-order valence-corrected chi connectivity index (χ0v) is 15.3. The van der Waals surface area contributed by atoms with Crippen molar-refractivity contribution in [1.29, 1.82) is 0 Å². The number of para-hydroxylation sites is 2. The summed E-state index contributed by atoms with van der Waals surface area (Å²) in [5.41, 5.74) is 0.624. The first-order chi connectivity index (χ1) is 13.8. The number of nitrogens with one attached hydrogen (secondary N) is 1. The summed E-state index contributed by atoms with van der Waals surface area (Å²) in [4.78, 5) is 17.1. The van der Waals surface area contributed by atoms with Gasteiger partial charge in [0.1, 0.15) is 18.1 Å². The normalized spacial score (nSPS) is 15.9. The quantitative estimate of drug-likeness (QED) is 0.712. The highest BCUT2D eigenvalue weighted by Gasteiger charge is 2.31. The highest BCUT2D eigenvalue weighted by atomic mass is 19.4. The average Bonchev–Trinajstić information content (AvgIpc) is 3.09. The largest absolute Gasteiger partial charge is 0.573 e. The highest BCUT2D eigenvalue weighted by Crippen LogP contribution is 2.31. The minimum atomic E-state index is -4.78. The van der Waals surface area contributed by atoms with E-state index >= 15 is 0 Å². The van der Waals surface area contributed by atoms with E-state index in [1.807, 2.05) is 18.2 Å². The number of carbonyl (C=O) groups excluding carboxylic acids is 1. The minimum Gasteiger partial charge on any atom is -0.486 e. The van der Waals surface area contributed by atoms with Crippen LogP contribution in [0.15, 0.2) is 48.5 Å². The zero-order chi connectivity index (χ0) is 20.6. The SMILES string of the molecule is CN(C[C@@H]1COc2ccccc2O1)C(=O)c1cc2ccc(OC(F)(F)F)cc2[nH]1. The Hall–Kier alpha value is -3.36. The molecule has 0 spiro atoms. The first-order valence-corrected chi connectivity index (χ1v) is 8.81. The molecule has 4 rings (SSSR count). The molecule has 2 heterocycles. The van der Waals surface area contributed by atoms with Crippen LogP contribution in [-0.4, -0.2) is 48.5 Å². The molecule has 1 aliphatic rings. The first-order valence-electron chi connectivity index (χ1n) is 8.81. The van der Waals surface area contributed by atoms with Crippen molar-refractivity contribution in [3.8, 4) is 17.2 Å². The van der Waals surface area contributed by atoms with Gasteiger partial charge in [-0.2, -0.15) is 0 Å². The van der Waals surface area contributed by atoms with Gasteiger partial charge in [-0.1, -0.05) is 12.1 Å². The monoisotopic (exact) mass is 406 g/mol. The number of aromatic nitrogens is 1. The van der Waals surface area contributed by atoms with Crippen LogP contribution in [0, 0.1) is 0 Å². The van der Waals surface area contributed by atoms with E-state index < -0.39 is 6.36 Å². The van der Waals surface area contributed by atoms with Crippen LogP contribution in [0.2, 0.25) is 0 Å². The smallest absolute Gasteiger partial charge is 0.486 e. The molecule has 0 saturated heterocycles. The van der Waals surface area contributed by atoms with E-state index in [4.69, 9.17) is 9.47 Å². The van der Waals surface area contributed by atoms with Gasteiger partial charge in [0, 0.05) is 24.0 Å². The van der Waals surface area contributed by atoms with Crippen LogP contribution in [0.3, 0.4) is 0 Å². The second kappa shape index (κ2) is 7.23. The molecule has 0 fully saturated rings. The molecule has 1 aliphatic heterocycles. The van der Waals surface area contributed by atoms with Crippen LogP contribution in [0.25, 0.3) is 10.9 Å². The Labute approximate surface area is 163 Å². The number of likely N-dealkylation sites (N-methyl/N-ethyl adjacent to an activating group) is 1. The van der Waals surface area contributed by atoms with E-state index in [0.29, 0.717) is 29.0 Å². The van der Waals surface area contributed by atoms with E-state index in [9.17, 15) is 18.0 Å². The second-order valence-corrected chi connectivity index (χ2v) is 6.66. The molecule has 0 bridgehead atoms. The maximum absolute atomic E-state index is 12.7. The molecule has 1 aromatic heterocycles. The Balaban J connectivity index is 1.45. The average molecular weight is 406 g/mol. The summed E-state index contributed by atoms with van der Waals surface area (Å²) >= 11 is 0. The lowest BCUT2D eigenvalue weighted by Gasteiger charge is -2.29. The van der Waals surface area contributed by atoms with Gasteiger partial charge in [-0.25, -0.2) is 0 Å². The molecule has 9 heteroatoms. The molecule has 0 unspecified atom stereocenters. The number of amides is 1. The molecule has 6 nitrogen and oxygen atoms in total. The number of ether oxygens (including phenoxy) is 3. The van der Waals surface area contributed by atoms with Crippen LogP contribution in [0.4, 0.5) is 13.2 Å². The van der Waals surface area contributed by atoms with Crippen molar-refractivity contribution in [2.75, 3.05) is 20.2 Å². The number of hydrogen-bond donors (Lipinski definition) is 1. The summed E-state index contributed by atoms with van der Waals surface area (Å²) in [6, 6.07) is 12.7. The summed E-state index contributed by atoms with van der Waals surface area (Å²) in [5, 5.41) is 0.599. The third-order valence-corrected chi connectivity index (χ3v) is 4.45. The Kier molecular flexibility index (Phi) is 4.73. The molecule has 1 amide bonds. The summed E-state index contributed by atoms with van der Waals surface area (Å²) in [7, 11) is 1.62. The molecular formula is C20H17F3N2O4. The van der Waals surface area contributed by atoms with E-state index in [-0.39, 0.29) is 30.0 Å². The van der Waals surface area contributed by atoms with E-state index in [1.165, 1.54) is 23.1 Å². The van der Waals surface area contributed by atoms with Crippen molar-refractivity contribution in [2.24, 2.45) is 0 Å². The van der Waals surface area contributed by atoms with Gasteiger partial charge in [-0.15, -0.1) is 13.2 Å². The summed E-state index contributed by atoms with van der Waals surface area (Å²) in [6.07, 6.45) is -5.12. The predicted molar refractivity (Wildman–Crippen MR) is 98.3 cm³/mol. The van der Waals surface area contributed by atoms with Crippen molar-refractivity contribution in [1.82, 2.24) is 9.88 Å². The number of H-pyrrole nitrogens is 1. The van der Waals surface area contributed by atoms with Crippen LogP contribution in [-0.2, 0) is 0 Å². The summed E-state index contributed by atoms with van der Waals surface area (Å²) in [5.74, 6) is 0.602. The number of aromatic amines is 1. The fourth-order valence-corrected chi connectivity index (χ4v) is 3.17. The van der Waals surface area contributed by atoms with Gasteiger partial charge in [0.2, 0.25) is 0 Å². The molecule has 29 heavy (non-hydrogen) atoms. The molecular weight excluding hydrogens is 389 g/mol. The maximum atomic E-state index is 12.7. The molecule has 1 atom stereocenters. The van der Waals surface area contributed by atoms with Crippen molar-refractivity contribution in [3.63, 3.8) is 0 Å². The first kappa shape index (κ1) is 19.0. The van der Waals surface area contributed by atoms with Gasteiger partial charge in [0.15, 0.2) is 17.6 Å². The third-order valence-electron chi connectivity index (χ3n) is 4.45. The standard InChI is InChI=1S/C20H17F3N2O4/c1-25(10-14-11-27-17-4-2-3-5-18(17)28-14)19(26)16-8-12-6-7-13(9-15(12)24-16)29-20(21,22)23/h2-9,14,24H,10-11H2,1H3/t14-/m1/s1. The van der Waals surface area contributed by atoms with Gasteiger partial charge in [0.05, 0.1) is 6.54 Å². The second-order valence-electron chi connectivity index (χ2n) is 6.66. The maximum Gasteiger partial charge on any atom is 0.573 e. The number of halogens is 3. The van der Waals surface area contributed by atoms with Crippen LogP contribution in [0.5, 0.6) is 17.2 Å². The van der Waals surface area contributed by atoms with Gasteiger partial charge in [-0.3, -0.25) is 4.79 Å². The van der Waals surface area contributed by atoms with Gasteiger partial charge >= 0.3 is 6.36 Å². The van der Waals surface area contributed by atoms with E-state index in [0.717, 1.165) is 0 Å². The van der Waals surface area contributed by atoms with Crippen LogP contribution < -0.4 is 14.2 Å². The predicted octanol–water partition coefficient (Wildman–Crippen LogP) is 3.98. The van der Waals surface area contributed by atoms with Crippen molar-refractivity contribution in [3.05, 3.63) is 54.2 Å². The number of nitrogens with zero attached hydrogens (tertiary/aromatic N) is 1. The molecule has 152 valence electrons. The van der Waals surface area contributed by atoms with E-state index in [2.05, 4.69) is 9.72 Å². The number of fused-ring (bicyclic) bond motifs is 2. The Morgan fingerprint density at radius 2 is 1.97 bits per heavy atom. The van der Waals surface area contributed by atoms with Gasteiger partial charge < -0.3 is 24.1 Å². The topological polar surface area (TPSA) is 63.8 Å². The zero-order valence-electron chi connectivity index (χ0n) is 15.3. The number of alkyl halides is 3. The molecule has 1 N–H and O–H groups in total. The highest BCUT2D eigenvalue weighted by molar-refractivity contribution is 5.98. The molecule has 0 radical (unpaired) electrons. The fraction of sp³-hybridized carbons (Fsp3) is 0.250. The van der Waals surface area contributed by atoms with Crippen LogP contribution in [0.1, 0.15) is 10.5 Å². The molecule has 2 aromatic carbocycles. The van der Waals surface area contributed by atoms with Crippen molar-refractivity contribution >= 4 is 16.8 Å². The number of benzene rings is 2. The number of carbonyl (C=O) groups is 1. The van der Waals surface area contributed by atoms with Crippen LogP contribution >= 0.6 is 0 Å². The Morgan fingerprint density at radius 3 is 2.72 bits per heavy atom.